The van der Waals surface area contributed by atoms with Crippen LogP contribution in [0.2, 0.25) is 0 Å². The Hall–Kier alpha value is 0. The Morgan fingerprint density at radius 1 is 0.714 bits per heavy atom. The Kier molecular flexibility index (Phi) is 50.1. The molecular weight excluding hydrogens is 252 g/mol. The highest BCUT2D eigenvalue weighted by molar-refractivity contribution is 4.81. The van der Waals surface area contributed by atoms with Crippen molar-refractivity contribution >= 4 is 0 Å². The average Bonchev–Trinajstić information content (AvgIpc) is 2.49. The quantitative estimate of drug-likeness (QED) is 0.458. The van der Waals surface area contributed by atoms with Gasteiger partial charge in [-0.05, 0) is 17.3 Å². The molecule has 21 heavy (non-hydrogen) atoms. The molecule has 0 spiro atoms. The highest BCUT2D eigenvalue weighted by Crippen LogP contribution is 2.40. The summed E-state index contributed by atoms with van der Waals surface area (Å²) >= 11 is 0. The van der Waals surface area contributed by atoms with Crippen LogP contribution in [0.25, 0.3) is 0 Å². The van der Waals surface area contributed by atoms with Crippen molar-refractivity contribution in [2.24, 2.45) is 17.3 Å². The van der Waals surface area contributed by atoms with Crippen LogP contribution in [-0.4, -0.2) is 0 Å². The van der Waals surface area contributed by atoms with E-state index in [1.807, 2.05) is 41.5 Å². The zero-order chi connectivity index (χ0) is 16.5. The fourth-order valence-corrected chi connectivity index (χ4v) is 2.38. The Morgan fingerprint density at radius 3 is 1.24 bits per heavy atom. The van der Waals surface area contributed by atoms with Gasteiger partial charge in [0.05, 0.1) is 0 Å². The molecule has 0 bridgehead atoms. The standard InChI is InChI=1S/C13H28.3C2H6.2CH4/c1-7-10-12(9-3)13(5,6)11(4)8-2;3*1-2;;/h11-12H,7-10H2,1-6H3;3*1-2H3;2*1H4. The van der Waals surface area contributed by atoms with Crippen LogP contribution in [0, 0.1) is 17.3 Å². The minimum atomic E-state index is 0. The molecule has 0 rings (SSSR count). The molecule has 0 aromatic heterocycles. The van der Waals surface area contributed by atoms with E-state index in [-0.39, 0.29) is 14.9 Å². The lowest BCUT2D eigenvalue weighted by atomic mass is 9.67. The van der Waals surface area contributed by atoms with Crippen molar-refractivity contribution in [3.05, 3.63) is 0 Å². The van der Waals surface area contributed by atoms with Gasteiger partial charge in [0.15, 0.2) is 0 Å². The third-order valence-electron chi connectivity index (χ3n) is 4.06. The van der Waals surface area contributed by atoms with Gasteiger partial charge in [0, 0.05) is 0 Å². The summed E-state index contributed by atoms with van der Waals surface area (Å²) < 4.78 is 0. The average molecular weight is 307 g/mol. The predicted octanol–water partition coefficient (Wildman–Crippen LogP) is 9.24. The van der Waals surface area contributed by atoms with Gasteiger partial charge in [0.2, 0.25) is 0 Å². The van der Waals surface area contributed by atoms with Crippen molar-refractivity contribution in [1.29, 1.82) is 0 Å². The van der Waals surface area contributed by atoms with Crippen molar-refractivity contribution in [2.75, 3.05) is 0 Å². The van der Waals surface area contributed by atoms with Crippen LogP contribution in [-0.2, 0) is 0 Å². The Morgan fingerprint density at radius 2 is 1.05 bits per heavy atom. The summed E-state index contributed by atoms with van der Waals surface area (Å²) in [5.74, 6) is 1.76. The molecule has 2 atom stereocenters. The molecule has 0 aliphatic heterocycles. The zero-order valence-corrected chi connectivity index (χ0v) is 16.5. The van der Waals surface area contributed by atoms with Gasteiger partial charge in [0.1, 0.15) is 0 Å². The molecule has 0 aromatic carbocycles. The molecule has 0 aliphatic carbocycles. The summed E-state index contributed by atoms with van der Waals surface area (Å²) in [7, 11) is 0. The Balaban J connectivity index is -0.0000000622. The van der Waals surface area contributed by atoms with Gasteiger partial charge in [-0.15, -0.1) is 0 Å². The summed E-state index contributed by atoms with van der Waals surface area (Å²) in [4.78, 5) is 0. The molecule has 2 unspecified atom stereocenters. The van der Waals surface area contributed by atoms with Gasteiger partial charge < -0.3 is 0 Å². The second-order valence-corrected chi connectivity index (χ2v) is 5.02. The normalized spacial score (nSPS) is 11.4. The highest BCUT2D eigenvalue weighted by atomic mass is 14.4. The topological polar surface area (TPSA) is 0 Å². The molecule has 0 heterocycles. The van der Waals surface area contributed by atoms with Crippen LogP contribution >= 0.6 is 0 Å². The molecule has 0 amide bonds. The minimum absolute atomic E-state index is 0. The molecular formula is C21H54. The predicted molar refractivity (Wildman–Crippen MR) is 109 cm³/mol. The molecule has 0 heteroatoms. The lowest BCUT2D eigenvalue weighted by molar-refractivity contribution is 0.110. The number of hydrogen-bond acceptors (Lipinski definition) is 0. The Labute approximate surface area is 141 Å². The first-order valence-electron chi connectivity index (χ1n) is 9.00. The molecule has 0 saturated carbocycles. The van der Waals surface area contributed by atoms with Crippen LogP contribution in [0.15, 0.2) is 0 Å². The van der Waals surface area contributed by atoms with Crippen LogP contribution < -0.4 is 0 Å². The maximum atomic E-state index is 2.45. The Bertz CT molecular complexity index is 124. The van der Waals surface area contributed by atoms with Gasteiger partial charge in [-0.25, -0.2) is 0 Å². The minimum Gasteiger partial charge on any atom is -0.0776 e. The molecule has 0 aliphatic rings. The van der Waals surface area contributed by atoms with Gasteiger partial charge >= 0.3 is 0 Å². The van der Waals surface area contributed by atoms with E-state index in [1.54, 1.807) is 0 Å². The summed E-state index contributed by atoms with van der Waals surface area (Å²) in [6.45, 7) is 26.2. The first kappa shape index (κ1) is 37.3. The highest BCUT2D eigenvalue weighted by Gasteiger charge is 2.31. The summed E-state index contributed by atoms with van der Waals surface area (Å²) in [6, 6.07) is 0. The van der Waals surface area contributed by atoms with E-state index in [0.29, 0.717) is 5.41 Å². The van der Waals surface area contributed by atoms with Gasteiger partial charge in [-0.3, -0.25) is 0 Å². The van der Waals surface area contributed by atoms with Gasteiger partial charge in [0.25, 0.3) is 0 Å². The third kappa shape index (κ3) is 18.0. The van der Waals surface area contributed by atoms with E-state index < -0.39 is 0 Å². The first-order chi connectivity index (χ1) is 9.00. The van der Waals surface area contributed by atoms with Crippen LogP contribution in [0.4, 0.5) is 0 Å². The van der Waals surface area contributed by atoms with Crippen molar-refractivity contribution in [2.45, 2.75) is 124 Å². The zero-order valence-electron chi connectivity index (χ0n) is 16.5. The van der Waals surface area contributed by atoms with E-state index in [2.05, 4.69) is 41.5 Å². The summed E-state index contributed by atoms with van der Waals surface area (Å²) in [5, 5.41) is 0. The van der Waals surface area contributed by atoms with Crippen molar-refractivity contribution in [3.8, 4) is 0 Å². The smallest absolute Gasteiger partial charge is 0.0300 e. The molecule has 0 radical (unpaired) electrons. The molecule has 0 fully saturated rings. The van der Waals surface area contributed by atoms with Crippen molar-refractivity contribution < 1.29 is 0 Å². The number of hydrogen-bond donors (Lipinski definition) is 0. The fourth-order valence-electron chi connectivity index (χ4n) is 2.38. The second-order valence-electron chi connectivity index (χ2n) is 5.02. The summed E-state index contributed by atoms with van der Waals surface area (Å²) in [6.07, 6.45) is 5.38. The number of rotatable bonds is 6. The lowest BCUT2D eigenvalue weighted by Gasteiger charge is -2.39. The van der Waals surface area contributed by atoms with Crippen LogP contribution in [0.5, 0.6) is 0 Å². The maximum Gasteiger partial charge on any atom is -0.0300 e. The van der Waals surface area contributed by atoms with E-state index in [9.17, 15) is 0 Å². The molecule has 0 aromatic rings. The van der Waals surface area contributed by atoms with Gasteiger partial charge in [-0.1, -0.05) is 124 Å². The second kappa shape index (κ2) is 28.2. The van der Waals surface area contributed by atoms with E-state index in [1.165, 1.54) is 25.7 Å². The first-order valence-corrected chi connectivity index (χ1v) is 9.00. The van der Waals surface area contributed by atoms with Crippen LogP contribution in [0.3, 0.4) is 0 Å². The van der Waals surface area contributed by atoms with E-state index >= 15 is 0 Å². The monoisotopic (exact) mass is 306 g/mol. The van der Waals surface area contributed by atoms with Crippen molar-refractivity contribution in [3.63, 3.8) is 0 Å². The lowest BCUT2D eigenvalue weighted by Crippen LogP contribution is -2.30. The largest absolute Gasteiger partial charge is 0.0776 e. The molecule has 0 N–H and O–H groups in total. The van der Waals surface area contributed by atoms with Crippen LogP contribution in [0.1, 0.15) is 124 Å². The summed E-state index contributed by atoms with van der Waals surface area (Å²) in [5.41, 5.74) is 0.527. The maximum absolute atomic E-state index is 2.45. The van der Waals surface area contributed by atoms with Gasteiger partial charge in [-0.2, -0.15) is 0 Å². The van der Waals surface area contributed by atoms with E-state index in [4.69, 9.17) is 0 Å². The SMILES string of the molecule is C.C.CC.CC.CC.CCCC(CC)C(C)(C)C(C)CC. The molecule has 0 nitrogen and oxygen atoms in total. The molecule has 0 saturated heterocycles. The third-order valence-corrected chi connectivity index (χ3v) is 4.06. The van der Waals surface area contributed by atoms with E-state index in [0.717, 1.165) is 11.8 Å². The fraction of sp³-hybridized carbons (Fsp3) is 1.00. The molecule has 138 valence electrons. The van der Waals surface area contributed by atoms with Crippen molar-refractivity contribution in [1.82, 2.24) is 0 Å².